The summed E-state index contributed by atoms with van der Waals surface area (Å²) < 4.78 is 5.58. The summed E-state index contributed by atoms with van der Waals surface area (Å²) in [6, 6.07) is 16.3. The standard InChI is InChI=1S/C27H31N5O2/c1-19-6-5-8-21(16-19)17-25-28-24-10-11-32(27(33)29-23-9-4-3-7-20(23)2)18-22(24)26(30-25)31-12-14-34-15-13-31/h3-9,16H,10-15,17-18H2,1-2H3,(H,29,33). The van der Waals surface area contributed by atoms with Crippen molar-refractivity contribution in [1.82, 2.24) is 14.9 Å². The first-order valence-corrected chi connectivity index (χ1v) is 12.0. The van der Waals surface area contributed by atoms with Crippen LogP contribution < -0.4 is 10.2 Å². The number of carbonyl (C=O) groups excluding carboxylic acids is 1. The number of rotatable bonds is 4. The largest absolute Gasteiger partial charge is 0.378 e. The maximum Gasteiger partial charge on any atom is 0.322 e. The van der Waals surface area contributed by atoms with Gasteiger partial charge >= 0.3 is 6.03 Å². The Bertz CT molecular complexity index is 1190. The van der Waals surface area contributed by atoms with Crippen molar-refractivity contribution in [3.8, 4) is 0 Å². The molecule has 0 unspecified atom stereocenters. The molecule has 2 aliphatic rings. The molecule has 3 aromatic rings. The van der Waals surface area contributed by atoms with Crippen LogP contribution in [-0.2, 0) is 24.1 Å². The average molecular weight is 458 g/mol. The van der Waals surface area contributed by atoms with Gasteiger partial charge < -0.3 is 19.9 Å². The van der Waals surface area contributed by atoms with E-state index in [0.29, 0.717) is 32.7 Å². The molecule has 0 aliphatic carbocycles. The summed E-state index contributed by atoms with van der Waals surface area (Å²) in [4.78, 5) is 27.2. The van der Waals surface area contributed by atoms with Gasteiger partial charge in [-0.3, -0.25) is 0 Å². The second-order valence-electron chi connectivity index (χ2n) is 9.07. The fraction of sp³-hybridized carbons (Fsp3) is 0.370. The quantitative estimate of drug-likeness (QED) is 0.639. The molecule has 0 radical (unpaired) electrons. The maximum atomic E-state index is 13.1. The monoisotopic (exact) mass is 457 g/mol. The Kier molecular flexibility index (Phi) is 6.45. The molecule has 0 atom stereocenters. The number of aryl methyl sites for hydroxylation is 2. The van der Waals surface area contributed by atoms with Crippen LogP contribution in [-0.4, -0.2) is 53.7 Å². The zero-order valence-corrected chi connectivity index (χ0v) is 19.9. The van der Waals surface area contributed by atoms with Crippen LogP contribution in [0.2, 0.25) is 0 Å². The van der Waals surface area contributed by atoms with Gasteiger partial charge in [-0.05, 0) is 31.0 Å². The molecule has 0 spiro atoms. The summed E-state index contributed by atoms with van der Waals surface area (Å²) in [5.41, 5.74) is 6.45. The molecule has 7 heteroatoms. The van der Waals surface area contributed by atoms with Crippen molar-refractivity contribution < 1.29 is 9.53 Å². The number of anilines is 2. The summed E-state index contributed by atoms with van der Waals surface area (Å²) in [7, 11) is 0. The van der Waals surface area contributed by atoms with Gasteiger partial charge in [0.05, 0.1) is 25.5 Å². The fourth-order valence-corrected chi connectivity index (χ4v) is 4.65. The summed E-state index contributed by atoms with van der Waals surface area (Å²) in [5.74, 6) is 1.79. The van der Waals surface area contributed by atoms with E-state index in [0.717, 1.165) is 53.7 Å². The van der Waals surface area contributed by atoms with E-state index < -0.39 is 0 Å². The topological polar surface area (TPSA) is 70.6 Å². The van der Waals surface area contributed by atoms with Gasteiger partial charge in [0.1, 0.15) is 11.6 Å². The van der Waals surface area contributed by atoms with Crippen molar-refractivity contribution in [2.24, 2.45) is 0 Å². The molecule has 3 heterocycles. The molecule has 2 aliphatic heterocycles. The summed E-state index contributed by atoms with van der Waals surface area (Å²) >= 11 is 0. The molecule has 2 aromatic carbocycles. The number of hydrogen-bond acceptors (Lipinski definition) is 5. The van der Waals surface area contributed by atoms with Crippen molar-refractivity contribution in [1.29, 1.82) is 0 Å². The normalized spacial score (nSPS) is 15.7. The molecule has 0 bridgehead atoms. The second-order valence-corrected chi connectivity index (χ2v) is 9.07. The Hall–Kier alpha value is -3.45. The van der Waals surface area contributed by atoms with Crippen molar-refractivity contribution in [2.45, 2.75) is 33.2 Å². The lowest BCUT2D eigenvalue weighted by Gasteiger charge is -2.34. The number of nitrogens with one attached hydrogen (secondary N) is 1. The molecule has 1 saturated heterocycles. The van der Waals surface area contributed by atoms with Crippen LogP contribution >= 0.6 is 0 Å². The number of ether oxygens (including phenoxy) is 1. The lowest BCUT2D eigenvalue weighted by atomic mass is 10.0. The van der Waals surface area contributed by atoms with Gasteiger partial charge in [0.15, 0.2) is 0 Å². The van der Waals surface area contributed by atoms with Crippen LogP contribution in [0.4, 0.5) is 16.3 Å². The highest BCUT2D eigenvalue weighted by Gasteiger charge is 2.28. The van der Waals surface area contributed by atoms with Crippen LogP contribution in [0.1, 0.15) is 33.8 Å². The number of carbonyl (C=O) groups is 1. The van der Waals surface area contributed by atoms with Gasteiger partial charge in [0, 0.05) is 43.7 Å². The molecule has 1 fully saturated rings. The van der Waals surface area contributed by atoms with Crippen LogP contribution in [0, 0.1) is 13.8 Å². The number of fused-ring (bicyclic) bond motifs is 1. The number of benzene rings is 2. The van der Waals surface area contributed by atoms with Gasteiger partial charge in [0.25, 0.3) is 0 Å². The Morgan fingerprint density at radius 2 is 1.85 bits per heavy atom. The summed E-state index contributed by atoms with van der Waals surface area (Å²) in [6.07, 6.45) is 1.42. The van der Waals surface area contributed by atoms with Gasteiger partial charge in [-0.25, -0.2) is 14.8 Å². The van der Waals surface area contributed by atoms with E-state index in [9.17, 15) is 4.79 Å². The van der Waals surface area contributed by atoms with Crippen LogP contribution in [0.15, 0.2) is 48.5 Å². The molecule has 1 N–H and O–H groups in total. The SMILES string of the molecule is Cc1cccc(Cc2nc3c(c(N4CCOCC4)n2)CN(C(=O)Nc2ccccc2C)CC3)c1. The van der Waals surface area contributed by atoms with E-state index in [1.807, 2.05) is 36.1 Å². The zero-order chi connectivity index (χ0) is 23.5. The molecule has 176 valence electrons. The predicted octanol–water partition coefficient (Wildman–Crippen LogP) is 4.11. The Labute approximate surface area is 200 Å². The van der Waals surface area contributed by atoms with E-state index in [-0.39, 0.29) is 6.03 Å². The number of para-hydroxylation sites is 1. The highest BCUT2D eigenvalue weighted by Crippen LogP contribution is 2.29. The molecule has 1 aromatic heterocycles. The van der Waals surface area contributed by atoms with E-state index >= 15 is 0 Å². The lowest BCUT2D eigenvalue weighted by Crippen LogP contribution is -2.42. The third kappa shape index (κ3) is 4.89. The van der Waals surface area contributed by atoms with Gasteiger partial charge in [-0.1, -0.05) is 48.0 Å². The van der Waals surface area contributed by atoms with Gasteiger partial charge in [-0.15, -0.1) is 0 Å². The number of aromatic nitrogens is 2. The number of amides is 2. The maximum absolute atomic E-state index is 13.1. The highest BCUT2D eigenvalue weighted by atomic mass is 16.5. The van der Waals surface area contributed by atoms with Crippen LogP contribution in [0.3, 0.4) is 0 Å². The Balaban J connectivity index is 1.42. The number of morpholine rings is 1. The second kappa shape index (κ2) is 9.81. The third-order valence-electron chi connectivity index (χ3n) is 6.51. The van der Waals surface area contributed by atoms with Crippen molar-refractivity contribution in [3.63, 3.8) is 0 Å². The minimum Gasteiger partial charge on any atom is -0.378 e. The lowest BCUT2D eigenvalue weighted by molar-refractivity contribution is 0.122. The molecule has 2 amide bonds. The predicted molar refractivity (Wildman–Crippen MR) is 133 cm³/mol. The number of hydrogen-bond donors (Lipinski definition) is 1. The minimum absolute atomic E-state index is 0.0864. The first kappa shape index (κ1) is 22.3. The molecule has 5 rings (SSSR count). The van der Waals surface area contributed by atoms with E-state index in [1.54, 1.807) is 0 Å². The zero-order valence-electron chi connectivity index (χ0n) is 19.9. The van der Waals surface area contributed by atoms with Gasteiger partial charge in [-0.2, -0.15) is 0 Å². The molecular formula is C27H31N5O2. The van der Waals surface area contributed by atoms with E-state index in [2.05, 4.69) is 41.4 Å². The van der Waals surface area contributed by atoms with Gasteiger partial charge in [0.2, 0.25) is 0 Å². The molecule has 7 nitrogen and oxygen atoms in total. The number of urea groups is 1. The first-order valence-electron chi connectivity index (χ1n) is 12.0. The Morgan fingerprint density at radius 1 is 1.03 bits per heavy atom. The smallest absolute Gasteiger partial charge is 0.322 e. The first-order chi connectivity index (χ1) is 16.6. The fourth-order valence-electron chi connectivity index (χ4n) is 4.65. The van der Waals surface area contributed by atoms with Crippen molar-refractivity contribution in [3.05, 3.63) is 82.3 Å². The van der Waals surface area contributed by atoms with Crippen molar-refractivity contribution in [2.75, 3.05) is 43.1 Å². The number of nitrogens with zero attached hydrogens (tertiary/aromatic N) is 4. The van der Waals surface area contributed by atoms with E-state index in [1.165, 1.54) is 11.1 Å². The summed E-state index contributed by atoms with van der Waals surface area (Å²) in [5, 5.41) is 3.07. The van der Waals surface area contributed by atoms with Crippen LogP contribution in [0.25, 0.3) is 0 Å². The molecule has 0 saturated carbocycles. The Morgan fingerprint density at radius 3 is 2.65 bits per heavy atom. The van der Waals surface area contributed by atoms with Crippen molar-refractivity contribution >= 4 is 17.5 Å². The third-order valence-corrected chi connectivity index (χ3v) is 6.51. The molecular weight excluding hydrogens is 426 g/mol. The van der Waals surface area contributed by atoms with E-state index in [4.69, 9.17) is 14.7 Å². The highest BCUT2D eigenvalue weighted by molar-refractivity contribution is 5.90. The summed E-state index contributed by atoms with van der Waals surface area (Å²) in [6.45, 7) is 8.20. The minimum atomic E-state index is -0.0864. The molecule has 34 heavy (non-hydrogen) atoms. The average Bonchev–Trinajstić information content (AvgIpc) is 2.85. The van der Waals surface area contributed by atoms with Crippen LogP contribution in [0.5, 0.6) is 0 Å².